The molecule has 0 nitrogen and oxygen atoms in total. The highest BCUT2D eigenvalue weighted by Gasteiger charge is 1.96. The molecule has 0 radical (unpaired) electrons. The number of benzene rings is 2. The molecule has 0 aliphatic rings. The molecule has 14 heavy (non-hydrogen) atoms. The summed E-state index contributed by atoms with van der Waals surface area (Å²) < 4.78 is 0. The van der Waals surface area contributed by atoms with Gasteiger partial charge in [-0.3, -0.25) is 0 Å². The van der Waals surface area contributed by atoms with E-state index in [9.17, 15) is 0 Å². The zero-order chi connectivity index (χ0) is 9.97. The van der Waals surface area contributed by atoms with Crippen LogP contribution in [-0.2, 0) is 0 Å². The summed E-state index contributed by atoms with van der Waals surface area (Å²) in [5.74, 6) is 0. The molecule has 0 aromatic heterocycles. The second kappa shape index (κ2) is 3.67. The Bertz CT molecular complexity index is 478. The standard InChI is InChI=1S/C14H14/c1-3-11(2)13-9-8-12-6-4-5-7-14(12)10-13/h3-10H,1-2H3. The molecule has 0 atom stereocenters. The van der Waals surface area contributed by atoms with Gasteiger partial charge in [0.15, 0.2) is 0 Å². The molecule has 70 valence electrons. The molecule has 0 aliphatic carbocycles. The first-order valence-electron chi connectivity index (χ1n) is 4.93. The van der Waals surface area contributed by atoms with E-state index in [1.807, 2.05) is 0 Å². The van der Waals surface area contributed by atoms with E-state index >= 15 is 0 Å². The maximum atomic E-state index is 2.24. The van der Waals surface area contributed by atoms with Crippen molar-refractivity contribution in [2.75, 3.05) is 0 Å². The molecule has 2 aromatic carbocycles. The number of fused-ring (bicyclic) bond motifs is 1. The van der Waals surface area contributed by atoms with Gasteiger partial charge in [0.1, 0.15) is 0 Å². The first-order chi connectivity index (χ1) is 6.81. The van der Waals surface area contributed by atoms with Crippen molar-refractivity contribution in [3.8, 4) is 0 Å². The Morgan fingerprint density at radius 3 is 2.43 bits per heavy atom. The largest absolute Gasteiger partial charge is 0.0841 e. The van der Waals surface area contributed by atoms with Crippen LogP contribution < -0.4 is 0 Å². The molecule has 0 spiro atoms. The third-order valence-electron chi connectivity index (χ3n) is 2.64. The van der Waals surface area contributed by atoms with Crippen LogP contribution in [0.1, 0.15) is 19.4 Å². The Balaban J connectivity index is 2.62. The second-order valence-electron chi connectivity index (χ2n) is 3.53. The minimum Gasteiger partial charge on any atom is -0.0841 e. The molecular weight excluding hydrogens is 168 g/mol. The van der Waals surface area contributed by atoms with Crippen LogP contribution in [0, 0.1) is 0 Å². The van der Waals surface area contributed by atoms with Gasteiger partial charge in [-0.05, 0) is 41.8 Å². The quantitative estimate of drug-likeness (QED) is 0.618. The monoisotopic (exact) mass is 182 g/mol. The van der Waals surface area contributed by atoms with E-state index in [2.05, 4.69) is 62.4 Å². The second-order valence-corrected chi connectivity index (χ2v) is 3.53. The van der Waals surface area contributed by atoms with Gasteiger partial charge in [0.25, 0.3) is 0 Å². The predicted molar refractivity (Wildman–Crippen MR) is 63.3 cm³/mol. The average Bonchev–Trinajstić information content (AvgIpc) is 2.27. The summed E-state index contributed by atoms with van der Waals surface area (Å²) in [6, 6.07) is 15.0. The van der Waals surface area contributed by atoms with Gasteiger partial charge in [-0.25, -0.2) is 0 Å². The normalized spacial score (nSPS) is 12.0. The molecule has 0 amide bonds. The van der Waals surface area contributed by atoms with Crippen LogP contribution in [0.25, 0.3) is 16.3 Å². The van der Waals surface area contributed by atoms with Gasteiger partial charge in [0.05, 0.1) is 0 Å². The SMILES string of the molecule is CC=C(C)c1ccc2ccccc2c1. The summed E-state index contributed by atoms with van der Waals surface area (Å²) in [7, 11) is 0. The smallest absolute Gasteiger partial charge is 0.0178 e. The lowest BCUT2D eigenvalue weighted by molar-refractivity contribution is 1.57. The van der Waals surface area contributed by atoms with E-state index in [1.54, 1.807) is 0 Å². The summed E-state index contributed by atoms with van der Waals surface area (Å²) in [6.07, 6.45) is 2.14. The Kier molecular flexibility index (Phi) is 2.36. The molecule has 0 heterocycles. The molecule has 0 heteroatoms. The third kappa shape index (κ3) is 1.56. The zero-order valence-corrected chi connectivity index (χ0v) is 8.62. The van der Waals surface area contributed by atoms with Crippen molar-refractivity contribution < 1.29 is 0 Å². The summed E-state index contributed by atoms with van der Waals surface area (Å²) >= 11 is 0. The van der Waals surface area contributed by atoms with Gasteiger partial charge in [-0.2, -0.15) is 0 Å². The van der Waals surface area contributed by atoms with Crippen molar-refractivity contribution in [3.05, 3.63) is 54.1 Å². The van der Waals surface area contributed by atoms with E-state index in [-0.39, 0.29) is 0 Å². The zero-order valence-electron chi connectivity index (χ0n) is 8.62. The number of hydrogen-bond acceptors (Lipinski definition) is 0. The van der Waals surface area contributed by atoms with Crippen LogP contribution in [0.4, 0.5) is 0 Å². The summed E-state index contributed by atoms with van der Waals surface area (Å²) in [5, 5.41) is 2.62. The fraction of sp³-hybridized carbons (Fsp3) is 0.143. The lowest BCUT2D eigenvalue weighted by Gasteiger charge is -2.03. The molecule has 0 bridgehead atoms. The highest BCUT2D eigenvalue weighted by molar-refractivity contribution is 5.85. The summed E-state index contributed by atoms with van der Waals surface area (Å²) in [5.41, 5.74) is 2.64. The van der Waals surface area contributed by atoms with Crippen molar-refractivity contribution in [1.29, 1.82) is 0 Å². The van der Waals surface area contributed by atoms with Gasteiger partial charge in [-0.1, -0.05) is 42.5 Å². The maximum absolute atomic E-state index is 2.24. The van der Waals surface area contributed by atoms with Gasteiger partial charge < -0.3 is 0 Å². The Labute approximate surface area is 84.9 Å². The van der Waals surface area contributed by atoms with Crippen LogP contribution in [0.2, 0.25) is 0 Å². The van der Waals surface area contributed by atoms with Crippen LogP contribution in [-0.4, -0.2) is 0 Å². The van der Waals surface area contributed by atoms with Crippen molar-refractivity contribution >= 4 is 16.3 Å². The maximum Gasteiger partial charge on any atom is -0.0178 e. The van der Waals surface area contributed by atoms with E-state index in [0.29, 0.717) is 0 Å². The Morgan fingerprint density at radius 2 is 1.71 bits per heavy atom. The highest BCUT2D eigenvalue weighted by atomic mass is 14.0. The summed E-state index contributed by atoms with van der Waals surface area (Å²) in [6.45, 7) is 4.22. The van der Waals surface area contributed by atoms with Gasteiger partial charge in [0, 0.05) is 0 Å². The Morgan fingerprint density at radius 1 is 1.00 bits per heavy atom. The fourth-order valence-electron chi connectivity index (χ4n) is 1.60. The topological polar surface area (TPSA) is 0 Å². The first kappa shape index (κ1) is 9.01. The highest BCUT2D eigenvalue weighted by Crippen LogP contribution is 2.20. The number of allylic oxidation sites excluding steroid dienone is 2. The van der Waals surface area contributed by atoms with Gasteiger partial charge in [0.2, 0.25) is 0 Å². The molecule has 0 saturated carbocycles. The number of rotatable bonds is 1. The predicted octanol–water partition coefficient (Wildman–Crippen LogP) is 4.26. The fourth-order valence-corrected chi connectivity index (χ4v) is 1.60. The lowest BCUT2D eigenvalue weighted by atomic mass is 10.0. The summed E-state index contributed by atoms with van der Waals surface area (Å²) in [4.78, 5) is 0. The average molecular weight is 182 g/mol. The first-order valence-corrected chi connectivity index (χ1v) is 4.93. The molecule has 2 rings (SSSR count). The van der Waals surface area contributed by atoms with Crippen LogP contribution in [0.5, 0.6) is 0 Å². The van der Waals surface area contributed by atoms with E-state index in [0.717, 1.165) is 0 Å². The van der Waals surface area contributed by atoms with Crippen molar-refractivity contribution in [2.24, 2.45) is 0 Å². The van der Waals surface area contributed by atoms with Crippen LogP contribution in [0.15, 0.2) is 48.5 Å². The number of hydrogen-bond donors (Lipinski definition) is 0. The molecule has 0 saturated heterocycles. The molecule has 0 unspecified atom stereocenters. The van der Waals surface area contributed by atoms with Gasteiger partial charge >= 0.3 is 0 Å². The minimum atomic E-state index is 1.31. The van der Waals surface area contributed by atoms with Crippen molar-refractivity contribution in [2.45, 2.75) is 13.8 Å². The van der Waals surface area contributed by atoms with Crippen molar-refractivity contribution in [1.82, 2.24) is 0 Å². The van der Waals surface area contributed by atoms with E-state index < -0.39 is 0 Å². The third-order valence-corrected chi connectivity index (χ3v) is 2.64. The molecule has 0 fully saturated rings. The van der Waals surface area contributed by atoms with Gasteiger partial charge in [-0.15, -0.1) is 0 Å². The Hall–Kier alpha value is -1.56. The van der Waals surface area contributed by atoms with Crippen LogP contribution >= 0.6 is 0 Å². The molecule has 0 N–H and O–H groups in total. The molecule has 0 aliphatic heterocycles. The van der Waals surface area contributed by atoms with E-state index in [4.69, 9.17) is 0 Å². The molecular formula is C14H14. The minimum absolute atomic E-state index is 1.31. The van der Waals surface area contributed by atoms with Crippen LogP contribution in [0.3, 0.4) is 0 Å². The van der Waals surface area contributed by atoms with E-state index in [1.165, 1.54) is 21.9 Å². The lowest BCUT2D eigenvalue weighted by Crippen LogP contribution is -1.79. The van der Waals surface area contributed by atoms with Crippen molar-refractivity contribution in [3.63, 3.8) is 0 Å². The molecule has 2 aromatic rings.